The van der Waals surface area contributed by atoms with Gasteiger partial charge in [-0.25, -0.2) is 19.5 Å². The number of piperidine rings is 1. The fourth-order valence-electron chi connectivity index (χ4n) is 3.83. The number of fused-ring (bicyclic) bond motifs is 1. The first-order valence-electron chi connectivity index (χ1n) is 9.46. The highest BCUT2D eigenvalue weighted by Crippen LogP contribution is 2.31. The molecule has 160 valence electrons. The number of halogens is 3. The molecule has 1 aliphatic rings. The third-order valence-corrected chi connectivity index (χ3v) is 6.23. The van der Waals surface area contributed by atoms with E-state index in [1.54, 1.807) is 18.5 Å². The van der Waals surface area contributed by atoms with Crippen molar-refractivity contribution in [3.05, 3.63) is 42.4 Å². The summed E-state index contributed by atoms with van der Waals surface area (Å²) >= 11 is 0. The average molecular weight is 439 g/mol. The van der Waals surface area contributed by atoms with E-state index in [9.17, 15) is 17.7 Å². The van der Waals surface area contributed by atoms with Crippen molar-refractivity contribution >= 4 is 21.6 Å². The van der Waals surface area contributed by atoms with Crippen LogP contribution in [-0.4, -0.2) is 49.0 Å². The molecule has 0 radical (unpaired) electrons. The van der Waals surface area contributed by atoms with E-state index in [0.717, 1.165) is 31.6 Å². The van der Waals surface area contributed by atoms with Crippen molar-refractivity contribution in [2.75, 3.05) is 30.0 Å². The normalized spacial score (nSPS) is 19.8. The molecule has 11 heteroatoms. The van der Waals surface area contributed by atoms with Crippen molar-refractivity contribution in [3.63, 3.8) is 0 Å². The number of hydrogen-bond acceptors (Lipinski definition) is 5. The lowest BCUT2D eigenvalue weighted by atomic mass is 10.0. The highest BCUT2D eigenvalue weighted by atomic mass is 32.3. The zero-order valence-corrected chi connectivity index (χ0v) is 17.1. The second kappa shape index (κ2) is 7.62. The third kappa shape index (κ3) is 4.46. The number of pyridine rings is 1. The molecule has 7 nitrogen and oxygen atoms in total. The van der Waals surface area contributed by atoms with Crippen LogP contribution in [0.15, 0.2) is 36.8 Å². The fraction of sp³-hybridized carbons (Fsp3) is 0.421. The van der Waals surface area contributed by atoms with Crippen LogP contribution >= 0.6 is 0 Å². The zero-order valence-electron chi connectivity index (χ0n) is 16.3. The molecule has 30 heavy (non-hydrogen) atoms. The summed E-state index contributed by atoms with van der Waals surface area (Å²) in [5, 5.41) is 0. The van der Waals surface area contributed by atoms with E-state index in [1.165, 1.54) is 16.7 Å². The topological polar surface area (TPSA) is 90.4 Å². The van der Waals surface area contributed by atoms with Crippen LogP contribution in [0.1, 0.15) is 18.4 Å². The lowest BCUT2D eigenvalue weighted by Gasteiger charge is -2.33. The Kier molecular flexibility index (Phi) is 5.27. The van der Waals surface area contributed by atoms with Crippen molar-refractivity contribution in [2.45, 2.75) is 19.0 Å². The molecular weight excluding hydrogens is 417 g/mol. The molecule has 0 bridgehead atoms. The van der Waals surface area contributed by atoms with Gasteiger partial charge in [0.2, 0.25) is 0 Å². The van der Waals surface area contributed by atoms with Crippen LogP contribution in [0.25, 0.3) is 17.2 Å². The zero-order chi connectivity index (χ0) is 21.5. The molecule has 1 aliphatic heterocycles. The summed E-state index contributed by atoms with van der Waals surface area (Å²) in [6.07, 6.45) is 3.03. The number of imidazole rings is 1. The minimum atomic E-state index is -4.46. The molecule has 0 amide bonds. The summed E-state index contributed by atoms with van der Waals surface area (Å²) in [6, 6.07) is 4.09. The largest absolute Gasteiger partial charge is 0.417 e. The number of rotatable bonds is 4. The first-order chi connectivity index (χ1) is 14.1. The Morgan fingerprint density at radius 3 is 2.80 bits per heavy atom. The van der Waals surface area contributed by atoms with E-state index < -0.39 is 21.8 Å². The van der Waals surface area contributed by atoms with Crippen molar-refractivity contribution in [1.82, 2.24) is 19.4 Å². The number of aromatic nitrogens is 4. The quantitative estimate of drug-likeness (QED) is 0.599. The summed E-state index contributed by atoms with van der Waals surface area (Å²) in [6.45, 7) is 1.46. The molecule has 2 N–H and O–H groups in total. The molecule has 3 aromatic rings. The van der Waals surface area contributed by atoms with E-state index in [4.69, 9.17) is 4.78 Å². The standard InChI is InChI=1S/C19H22F3N6OS/c1-30(23,29)12-13-3-2-8-27(10-13)17-6-7-24-18(26-17)15-9-25-16-5-4-14(11-28(15)16)19(20,21)22/h4-7,9,11,13H,2-3,8,10,12H2,1H3,(H2,23,29)/q+1/t13-,30?/m0/s1. The highest BCUT2D eigenvalue weighted by Gasteiger charge is 2.31. The van der Waals surface area contributed by atoms with Crippen molar-refractivity contribution in [3.8, 4) is 11.5 Å². The summed E-state index contributed by atoms with van der Waals surface area (Å²) in [4.78, 5) is 15.1. The predicted molar refractivity (Wildman–Crippen MR) is 110 cm³/mol. The van der Waals surface area contributed by atoms with Gasteiger partial charge in [-0.2, -0.15) is 13.2 Å². The van der Waals surface area contributed by atoms with E-state index in [2.05, 4.69) is 19.9 Å². The fourth-order valence-corrected chi connectivity index (χ4v) is 5.02. The van der Waals surface area contributed by atoms with Gasteiger partial charge in [0.15, 0.2) is 5.82 Å². The van der Waals surface area contributed by atoms with Gasteiger partial charge >= 0.3 is 6.18 Å². The van der Waals surface area contributed by atoms with Gasteiger partial charge in [-0.15, -0.1) is 4.78 Å². The van der Waals surface area contributed by atoms with Crippen LogP contribution in [0.2, 0.25) is 0 Å². The highest BCUT2D eigenvalue weighted by molar-refractivity contribution is 7.98. The molecule has 2 atom stereocenters. The van der Waals surface area contributed by atoms with Gasteiger partial charge in [0, 0.05) is 31.4 Å². The minimum Gasteiger partial charge on any atom is -0.356 e. The number of alkyl halides is 3. The van der Waals surface area contributed by atoms with Gasteiger partial charge < -0.3 is 4.90 Å². The van der Waals surface area contributed by atoms with Crippen LogP contribution in [-0.2, 0) is 16.3 Å². The Bertz CT molecular complexity index is 1110. The number of nitrogens with one attached hydrogen (secondary N) is 1. The van der Waals surface area contributed by atoms with Gasteiger partial charge in [0.05, 0.1) is 21.9 Å². The van der Waals surface area contributed by atoms with Crippen LogP contribution < -0.4 is 4.90 Å². The van der Waals surface area contributed by atoms with Crippen molar-refractivity contribution < 1.29 is 17.7 Å². The van der Waals surface area contributed by atoms with Crippen LogP contribution in [0.3, 0.4) is 0 Å². The molecule has 4 rings (SSSR count). The van der Waals surface area contributed by atoms with E-state index in [1.807, 2.05) is 0 Å². The molecular formula is C19H22F3N6OS+. The number of nitrogens with zero attached hydrogens (tertiary/aromatic N) is 5. The summed E-state index contributed by atoms with van der Waals surface area (Å²) < 4.78 is 58.4. The molecule has 1 saturated heterocycles. The minimum absolute atomic E-state index is 0.199. The van der Waals surface area contributed by atoms with Gasteiger partial charge in [-0.05, 0) is 31.0 Å². The maximum Gasteiger partial charge on any atom is 0.417 e. The second-order valence-corrected chi connectivity index (χ2v) is 10.1. The Morgan fingerprint density at radius 1 is 1.27 bits per heavy atom. The Morgan fingerprint density at radius 2 is 2.07 bits per heavy atom. The smallest absolute Gasteiger partial charge is 0.356 e. The molecule has 4 heterocycles. The third-order valence-electron chi connectivity index (χ3n) is 5.11. The molecule has 3 aromatic heterocycles. The van der Waals surface area contributed by atoms with E-state index >= 15 is 0 Å². The first kappa shape index (κ1) is 20.7. The van der Waals surface area contributed by atoms with Crippen molar-refractivity contribution in [2.24, 2.45) is 5.92 Å². The van der Waals surface area contributed by atoms with Crippen molar-refractivity contribution in [1.29, 1.82) is 4.78 Å². The van der Waals surface area contributed by atoms with Crippen LogP contribution in [0, 0.1) is 10.7 Å². The number of anilines is 1. The number of hydrogen-bond donors (Lipinski definition) is 2. The summed E-state index contributed by atoms with van der Waals surface area (Å²) in [7, 11) is -2.33. The molecule has 0 saturated carbocycles. The Labute approximate surface area is 172 Å². The van der Waals surface area contributed by atoms with E-state index in [-0.39, 0.29) is 5.92 Å². The summed E-state index contributed by atoms with van der Waals surface area (Å²) in [5.74, 6) is 1.62. The SMILES string of the molecule is C[S+](=N)(O)C[C@H]1CCCN(c2ccnc(-c3cnc4ccc(C(F)(F)F)cn34)n2)C1. The van der Waals surface area contributed by atoms with Gasteiger partial charge in [-0.3, -0.25) is 4.40 Å². The maximum absolute atomic E-state index is 13.1. The van der Waals surface area contributed by atoms with Gasteiger partial charge in [0.1, 0.15) is 29.2 Å². The molecule has 0 aliphatic carbocycles. The Balaban J connectivity index is 1.65. The lowest BCUT2D eigenvalue weighted by Crippen LogP contribution is -2.39. The van der Waals surface area contributed by atoms with Gasteiger partial charge in [0.25, 0.3) is 0 Å². The molecule has 0 aromatic carbocycles. The molecule has 1 fully saturated rings. The second-order valence-electron chi connectivity index (χ2n) is 7.69. The Hall–Kier alpha value is -2.53. The molecule has 1 unspecified atom stereocenters. The van der Waals surface area contributed by atoms with Gasteiger partial charge in [-0.1, -0.05) is 0 Å². The molecule has 0 spiro atoms. The summed E-state index contributed by atoms with van der Waals surface area (Å²) in [5.41, 5.74) is -0.00930. The van der Waals surface area contributed by atoms with Crippen LogP contribution in [0.5, 0.6) is 0 Å². The predicted octanol–water partition coefficient (Wildman–Crippen LogP) is 4.05. The maximum atomic E-state index is 13.1. The monoisotopic (exact) mass is 439 g/mol. The van der Waals surface area contributed by atoms with Crippen LogP contribution in [0.4, 0.5) is 19.0 Å². The first-order valence-corrected chi connectivity index (χ1v) is 11.6. The lowest BCUT2D eigenvalue weighted by molar-refractivity contribution is -0.137. The average Bonchev–Trinajstić information content (AvgIpc) is 3.09. The van der Waals surface area contributed by atoms with E-state index in [0.29, 0.717) is 35.3 Å².